The minimum Gasteiger partial charge on any atom is -0.466 e. The van der Waals surface area contributed by atoms with Crippen LogP contribution in [0.2, 0.25) is 0 Å². The van der Waals surface area contributed by atoms with Crippen LogP contribution < -0.4 is 4.90 Å². The maximum Gasteiger partial charge on any atom is 0.336 e. The van der Waals surface area contributed by atoms with Gasteiger partial charge in [-0.05, 0) is 31.5 Å². The smallest absolute Gasteiger partial charge is 0.336 e. The van der Waals surface area contributed by atoms with Crippen molar-refractivity contribution in [1.82, 2.24) is 4.90 Å². The number of methoxy groups -OCH3 is 3. The molecule has 0 aliphatic carbocycles. The van der Waals surface area contributed by atoms with Crippen LogP contribution in [-0.2, 0) is 23.8 Å². The summed E-state index contributed by atoms with van der Waals surface area (Å²) in [7, 11) is 8.12. The molecule has 1 aromatic rings. The van der Waals surface area contributed by atoms with E-state index < -0.39 is 17.9 Å². The average Bonchev–Trinajstić information content (AvgIpc) is 2.69. The van der Waals surface area contributed by atoms with Crippen molar-refractivity contribution in [1.29, 1.82) is 0 Å². The first-order chi connectivity index (χ1) is 13.3. The van der Waals surface area contributed by atoms with E-state index in [0.717, 1.165) is 11.3 Å². The van der Waals surface area contributed by atoms with E-state index in [1.165, 1.54) is 14.2 Å². The third-order valence-electron chi connectivity index (χ3n) is 4.98. The van der Waals surface area contributed by atoms with Gasteiger partial charge in [0.05, 0.1) is 31.3 Å². The molecule has 28 heavy (non-hydrogen) atoms. The SMILES string of the molecule is COCN1C(C)=C(C(=O)OC)C(c2ccc(N(C)C)cc2)C(C(=O)OC)=C1C. The number of allylic oxidation sites excluding steroid dienone is 2. The van der Waals surface area contributed by atoms with Gasteiger partial charge in [0.2, 0.25) is 0 Å². The van der Waals surface area contributed by atoms with Gasteiger partial charge in [0.25, 0.3) is 0 Å². The van der Waals surface area contributed by atoms with E-state index in [-0.39, 0.29) is 6.73 Å². The van der Waals surface area contributed by atoms with Gasteiger partial charge in [0, 0.05) is 38.3 Å². The van der Waals surface area contributed by atoms with Crippen LogP contribution in [0.4, 0.5) is 5.69 Å². The lowest BCUT2D eigenvalue weighted by molar-refractivity contribution is -0.137. The van der Waals surface area contributed by atoms with E-state index in [4.69, 9.17) is 14.2 Å². The number of esters is 2. The quantitative estimate of drug-likeness (QED) is 0.694. The average molecular weight is 388 g/mol. The van der Waals surface area contributed by atoms with Crippen molar-refractivity contribution >= 4 is 17.6 Å². The Morgan fingerprint density at radius 1 is 0.929 bits per heavy atom. The summed E-state index contributed by atoms with van der Waals surface area (Å²) in [6, 6.07) is 7.73. The first kappa shape index (κ1) is 21.5. The van der Waals surface area contributed by atoms with E-state index in [9.17, 15) is 9.59 Å². The molecule has 1 heterocycles. The van der Waals surface area contributed by atoms with Crippen LogP contribution in [0.1, 0.15) is 25.3 Å². The molecule has 0 atom stereocenters. The van der Waals surface area contributed by atoms with Crippen molar-refractivity contribution in [3.05, 3.63) is 52.4 Å². The highest BCUT2D eigenvalue weighted by Gasteiger charge is 2.40. The van der Waals surface area contributed by atoms with Crippen LogP contribution in [0.15, 0.2) is 46.8 Å². The molecular weight excluding hydrogens is 360 g/mol. The molecule has 1 aromatic carbocycles. The molecule has 7 heteroatoms. The normalized spacial score (nSPS) is 15.0. The van der Waals surface area contributed by atoms with Gasteiger partial charge in [-0.2, -0.15) is 0 Å². The number of ether oxygens (including phenoxy) is 3. The summed E-state index contributed by atoms with van der Waals surface area (Å²) in [5.41, 5.74) is 3.97. The summed E-state index contributed by atoms with van der Waals surface area (Å²) in [5, 5.41) is 0. The number of benzene rings is 1. The van der Waals surface area contributed by atoms with Crippen molar-refractivity contribution in [2.75, 3.05) is 47.1 Å². The molecule has 0 radical (unpaired) electrons. The third-order valence-corrected chi connectivity index (χ3v) is 4.98. The Kier molecular flexibility index (Phi) is 6.85. The molecule has 0 saturated heterocycles. The number of nitrogens with zero attached hydrogens (tertiary/aromatic N) is 2. The summed E-state index contributed by atoms with van der Waals surface area (Å²) < 4.78 is 15.4. The zero-order valence-electron chi connectivity index (χ0n) is 17.5. The third kappa shape index (κ3) is 3.89. The molecule has 0 spiro atoms. The molecule has 1 aliphatic rings. The van der Waals surface area contributed by atoms with Gasteiger partial charge < -0.3 is 24.0 Å². The van der Waals surface area contributed by atoms with Gasteiger partial charge in [0.1, 0.15) is 6.73 Å². The highest BCUT2D eigenvalue weighted by molar-refractivity contribution is 5.99. The van der Waals surface area contributed by atoms with Crippen LogP contribution in [0.25, 0.3) is 0 Å². The minimum absolute atomic E-state index is 0.199. The Bertz CT molecular complexity index is 769. The molecule has 0 fully saturated rings. The second-order valence-electron chi connectivity index (χ2n) is 6.75. The van der Waals surface area contributed by atoms with Crippen molar-refractivity contribution in [2.45, 2.75) is 19.8 Å². The highest BCUT2D eigenvalue weighted by Crippen LogP contribution is 2.43. The molecule has 152 valence electrons. The number of hydrogen-bond donors (Lipinski definition) is 0. The molecule has 2 rings (SSSR count). The van der Waals surface area contributed by atoms with Crippen LogP contribution in [0.3, 0.4) is 0 Å². The summed E-state index contributed by atoms with van der Waals surface area (Å²) in [6.45, 7) is 3.85. The fourth-order valence-corrected chi connectivity index (χ4v) is 3.48. The second-order valence-corrected chi connectivity index (χ2v) is 6.75. The molecule has 0 unspecified atom stereocenters. The Hall–Kier alpha value is -2.80. The number of rotatable bonds is 6. The maximum atomic E-state index is 12.7. The van der Waals surface area contributed by atoms with E-state index in [1.54, 1.807) is 12.0 Å². The Morgan fingerprint density at radius 3 is 1.75 bits per heavy atom. The molecular formula is C21H28N2O5. The number of carbonyl (C=O) groups is 2. The lowest BCUT2D eigenvalue weighted by Gasteiger charge is -2.37. The van der Waals surface area contributed by atoms with Gasteiger partial charge in [-0.15, -0.1) is 0 Å². The Balaban J connectivity index is 2.73. The molecule has 1 aliphatic heterocycles. The molecule has 0 saturated carbocycles. The summed E-state index contributed by atoms with van der Waals surface area (Å²) in [5.74, 6) is -1.58. The van der Waals surface area contributed by atoms with E-state index in [0.29, 0.717) is 22.5 Å². The molecule has 7 nitrogen and oxygen atoms in total. The summed E-state index contributed by atoms with van der Waals surface area (Å²) >= 11 is 0. The summed E-state index contributed by atoms with van der Waals surface area (Å²) in [6.07, 6.45) is 0. The van der Waals surface area contributed by atoms with Crippen molar-refractivity contribution in [3.8, 4) is 0 Å². The Morgan fingerprint density at radius 2 is 1.39 bits per heavy atom. The van der Waals surface area contributed by atoms with Gasteiger partial charge in [-0.1, -0.05) is 12.1 Å². The van der Waals surface area contributed by atoms with Crippen molar-refractivity contribution in [3.63, 3.8) is 0 Å². The minimum atomic E-state index is -0.593. The second kappa shape index (κ2) is 8.93. The van der Waals surface area contributed by atoms with Crippen molar-refractivity contribution in [2.24, 2.45) is 0 Å². The van der Waals surface area contributed by atoms with Crippen LogP contribution in [0.5, 0.6) is 0 Å². The van der Waals surface area contributed by atoms with E-state index in [2.05, 4.69) is 0 Å². The van der Waals surface area contributed by atoms with Gasteiger partial charge >= 0.3 is 11.9 Å². The predicted octanol–water partition coefficient (Wildman–Crippen LogP) is 2.65. The van der Waals surface area contributed by atoms with Crippen molar-refractivity contribution < 1.29 is 23.8 Å². The standard InChI is InChI=1S/C21H28N2O5/c1-13-17(20(24)27-6)19(15-8-10-16(11-9-15)22(3)4)18(21(25)28-7)14(2)23(13)12-26-5/h8-11,19H,12H2,1-7H3. The van der Waals surface area contributed by atoms with Crippen LogP contribution >= 0.6 is 0 Å². The predicted molar refractivity (Wildman–Crippen MR) is 107 cm³/mol. The lowest BCUT2D eigenvalue weighted by atomic mass is 9.79. The highest BCUT2D eigenvalue weighted by atomic mass is 16.5. The lowest BCUT2D eigenvalue weighted by Crippen LogP contribution is -2.36. The number of hydrogen-bond acceptors (Lipinski definition) is 7. The Labute approximate surface area is 166 Å². The first-order valence-electron chi connectivity index (χ1n) is 8.90. The van der Waals surface area contributed by atoms with Crippen LogP contribution in [0, 0.1) is 0 Å². The van der Waals surface area contributed by atoms with Gasteiger partial charge in [-0.25, -0.2) is 9.59 Å². The zero-order valence-corrected chi connectivity index (χ0v) is 17.5. The topological polar surface area (TPSA) is 68.3 Å². The van der Waals surface area contributed by atoms with E-state index in [1.807, 2.05) is 57.1 Å². The fraction of sp³-hybridized carbons (Fsp3) is 0.429. The largest absolute Gasteiger partial charge is 0.466 e. The fourth-order valence-electron chi connectivity index (χ4n) is 3.48. The molecule has 0 amide bonds. The molecule has 0 aromatic heterocycles. The molecule has 0 bridgehead atoms. The zero-order chi connectivity index (χ0) is 21.0. The van der Waals surface area contributed by atoms with Gasteiger partial charge in [-0.3, -0.25) is 0 Å². The van der Waals surface area contributed by atoms with E-state index >= 15 is 0 Å². The molecule has 0 N–H and O–H groups in total. The van der Waals surface area contributed by atoms with Gasteiger partial charge in [0.15, 0.2) is 0 Å². The van der Waals surface area contributed by atoms with Crippen LogP contribution in [-0.4, -0.2) is 59.0 Å². The monoisotopic (exact) mass is 388 g/mol. The maximum absolute atomic E-state index is 12.7. The number of anilines is 1. The first-order valence-corrected chi connectivity index (χ1v) is 8.90. The number of carbonyl (C=O) groups excluding carboxylic acids is 2. The summed E-state index contributed by atoms with van der Waals surface area (Å²) in [4.78, 5) is 29.2.